The predicted molar refractivity (Wildman–Crippen MR) is 80.3 cm³/mol. The van der Waals surface area contributed by atoms with Gasteiger partial charge in [-0.25, -0.2) is 4.39 Å². The molecule has 1 fully saturated rings. The molecule has 20 heavy (non-hydrogen) atoms. The fraction of sp³-hybridized carbons (Fsp3) is 0.625. The average molecular weight is 300 g/mol. The third-order valence-corrected chi connectivity index (χ3v) is 4.63. The molecule has 1 aromatic carbocycles. The Morgan fingerprint density at radius 1 is 1.40 bits per heavy atom. The molecule has 0 saturated heterocycles. The molecular weight excluding hydrogens is 277 g/mol. The molecule has 2 nitrogen and oxygen atoms in total. The van der Waals surface area contributed by atoms with Crippen LogP contribution in [0.5, 0.6) is 0 Å². The summed E-state index contributed by atoms with van der Waals surface area (Å²) in [4.78, 5) is 0. The third-order valence-electron chi connectivity index (χ3n) is 4.39. The van der Waals surface area contributed by atoms with E-state index in [4.69, 9.17) is 11.6 Å². The zero-order valence-corrected chi connectivity index (χ0v) is 12.7. The van der Waals surface area contributed by atoms with Crippen LogP contribution in [-0.2, 0) is 6.54 Å². The van der Waals surface area contributed by atoms with Crippen molar-refractivity contribution in [1.82, 2.24) is 5.32 Å². The topological polar surface area (TPSA) is 32.3 Å². The summed E-state index contributed by atoms with van der Waals surface area (Å²) in [6.07, 6.45) is 5.02. The molecule has 1 aliphatic rings. The van der Waals surface area contributed by atoms with E-state index in [1.165, 1.54) is 12.5 Å². The summed E-state index contributed by atoms with van der Waals surface area (Å²) in [5.74, 6) is 0.490. The molecule has 0 spiro atoms. The van der Waals surface area contributed by atoms with Crippen molar-refractivity contribution < 1.29 is 9.50 Å². The lowest BCUT2D eigenvalue weighted by molar-refractivity contribution is -0.00885. The normalized spacial score (nSPS) is 26.7. The standard InChI is InChI=1S/C16H23ClFNO/c1-2-12-5-7-16(20,8-6-12)11-19-10-13-9-14(17)3-4-15(13)18/h3-4,9,12,19-20H,2,5-8,10-11H2,1H3. The van der Waals surface area contributed by atoms with Gasteiger partial charge in [0.2, 0.25) is 0 Å². The molecule has 1 saturated carbocycles. The van der Waals surface area contributed by atoms with Gasteiger partial charge >= 0.3 is 0 Å². The van der Waals surface area contributed by atoms with Crippen LogP contribution in [0.25, 0.3) is 0 Å². The molecule has 0 amide bonds. The van der Waals surface area contributed by atoms with Crippen LogP contribution in [-0.4, -0.2) is 17.3 Å². The Labute approximate surface area is 125 Å². The first-order valence-corrected chi connectivity index (χ1v) is 7.77. The van der Waals surface area contributed by atoms with Gasteiger partial charge in [0.1, 0.15) is 5.82 Å². The smallest absolute Gasteiger partial charge is 0.127 e. The van der Waals surface area contributed by atoms with Crippen molar-refractivity contribution in [3.05, 3.63) is 34.6 Å². The van der Waals surface area contributed by atoms with Crippen LogP contribution in [0.2, 0.25) is 5.02 Å². The summed E-state index contributed by atoms with van der Waals surface area (Å²) in [5.41, 5.74) is -0.0934. The summed E-state index contributed by atoms with van der Waals surface area (Å²) in [5, 5.41) is 14.2. The Hall–Kier alpha value is -0.640. The van der Waals surface area contributed by atoms with Gasteiger partial charge in [0.05, 0.1) is 5.60 Å². The summed E-state index contributed by atoms with van der Waals surface area (Å²) in [6, 6.07) is 4.54. The average Bonchev–Trinajstić information content (AvgIpc) is 2.43. The molecule has 2 N–H and O–H groups in total. The van der Waals surface area contributed by atoms with Crippen LogP contribution in [0.4, 0.5) is 4.39 Å². The van der Waals surface area contributed by atoms with E-state index in [0.717, 1.165) is 31.6 Å². The fourth-order valence-corrected chi connectivity index (χ4v) is 3.10. The molecule has 0 unspecified atom stereocenters. The van der Waals surface area contributed by atoms with Crippen molar-refractivity contribution in [2.45, 2.75) is 51.2 Å². The zero-order chi connectivity index (χ0) is 14.6. The Morgan fingerprint density at radius 3 is 2.75 bits per heavy atom. The van der Waals surface area contributed by atoms with Gasteiger partial charge in [-0.1, -0.05) is 24.9 Å². The van der Waals surface area contributed by atoms with E-state index in [1.54, 1.807) is 12.1 Å². The van der Waals surface area contributed by atoms with Crippen molar-refractivity contribution >= 4 is 11.6 Å². The second kappa shape index (κ2) is 6.88. The number of nitrogens with one attached hydrogen (secondary N) is 1. The molecular formula is C16H23ClFNO. The molecule has 4 heteroatoms. The van der Waals surface area contributed by atoms with Gasteiger partial charge in [-0.2, -0.15) is 0 Å². The predicted octanol–water partition coefficient (Wildman–Crippen LogP) is 3.90. The van der Waals surface area contributed by atoms with Crippen LogP contribution in [0.3, 0.4) is 0 Å². The summed E-state index contributed by atoms with van der Waals surface area (Å²) >= 11 is 5.86. The fourth-order valence-electron chi connectivity index (χ4n) is 2.91. The lowest BCUT2D eigenvalue weighted by Gasteiger charge is -2.36. The van der Waals surface area contributed by atoms with Crippen molar-refractivity contribution in [3.8, 4) is 0 Å². The van der Waals surface area contributed by atoms with E-state index >= 15 is 0 Å². The van der Waals surface area contributed by atoms with Gasteiger partial charge in [-0.3, -0.25) is 0 Å². The highest BCUT2D eigenvalue weighted by Crippen LogP contribution is 2.33. The highest BCUT2D eigenvalue weighted by atomic mass is 35.5. The van der Waals surface area contributed by atoms with E-state index in [-0.39, 0.29) is 5.82 Å². The summed E-state index contributed by atoms with van der Waals surface area (Å²) in [6.45, 7) is 3.11. The van der Waals surface area contributed by atoms with E-state index < -0.39 is 5.60 Å². The van der Waals surface area contributed by atoms with Crippen LogP contribution in [0, 0.1) is 11.7 Å². The van der Waals surface area contributed by atoms with Crippen LogP contribution < -0.4 is 5.32 Å². The van der Waals surface area contributed by atoms with Crippen molar-refractivity contribution in [2.75, 3.05) is 6.54 Å². The van der Waals surface area contributed by atoms with Crippen LogP contribution in [0.15, 0.2) is 18.2 Å². The van der Waals surface area contributed by atoms with Gasteiger partial charge in [-0.05, 0) is 49.8 Å². The monoisotopic (exact) mass is 299 g/mol. The minimum atomic E-state index is -0.638. The molecule has 0 aromatic heterocycles. The molecule has 112 valence electrons. The van der Waals surface area contributed by atoms with Crippen LogP contribution >= 0.6 is 11.6 Å². The molecule has 1 aromatic rings. The number of benzene rings is 1. The molecule has 0 aliphatic heterocycles. The highest BCUT2D eigenvalue weighted by molar-refractivity contribution is 6.30. The molecule has 2 rings (SSSR count). The third kappa shape index (κ3) is 4.18. The van der Waals surface area contributed by atoms with E-state index in [2.05, 4.69) is 12.2 Å². The van der Waals surface area contributed by atoms with Crippen molar-refractivity contribution in [3.63, 3.8) is 0 Å². The number of rotatable bonds is 5. The maximum absolute atomic E-state index is 13.6. The zero-order valence-electron chi connectivity index (χ0n) is 12.0. The first-order valence-electron chi connectivity index (χ1n) is 7.39. The number of hydrogen-bond acceptors (Lipinski definition) is 2. The van der Waals surface area contributed by atoms with E-state index in [9.17, 15) is 9.50 Å². The van der Waals surface area contributed by atoms with Gasteiger partial charge < -0.3 is 10.4 Å². The SMILES string of the molecule is CCC1CCC(O)(CNCc2cc(Cl)ccc2F)CC1. The van der Waals surface area contributed by atoms with Gasteiger partial charge in [0.15, 0.2) is 0 Å². The summed E-state index contributed by atoms with van der Waals surface area (Å²) in [7, 11) is 0. The van der Waals surface area contributed by atoms with E-state index in [1.807, 2.05) is 0 Å². The van der Waals surface area contributed by atoms with Gasteiger partial charge in [0.25, 0.3) is 0 Å². The number of aliphatic hydroxyl groups is 1. The maximum atomic E-state index is 13.6. The van der Waals surface area contributed by atoms with E-state index in [0.29, 0.717) is 23.7 Å². The highest BCUT2D eigenvalue weighted by Gasteiger charge is 2.32. The molecule has 0 heterocycles. The van der Waals surface area contributed by atoms with Crippen molar-refractivity contribution in [2.24, 2.45) is 5.92 Å². The Bertz CT molecular complexity index is 444. The van der Waals surface area contributed by atoms with Crippen LogP contribution in [0.1, 0.15) is 44.6 Å². The maximum Gasteiger partial charge on any atom is 0.127 e. The van der Waals surface area contributed by atoms with Gasteiger partial charge in [-0.15, -0.1) is 0 Å². The summed E-state index contributed by atoms with van der Waals surface area (Å²) < 4.78 is 13.6. The molecule has 0 radical (unpaired) electrons. The number of halogens is 2. The number of hydrogen-bond donors (Lipinski definition) is 2. The quantitative estimate of drug-likeness (QED) is 0.864. The minimum Gasteiger partial charge on any atom is -0.389 e. The largest absolute Gasteiger partial charge is 0.389 e. The molecule has 0 atom stereocenters. The molecule has 0 bridgehead atoms. The second-order valence-electron chi connectivity index (χ2n) is 5.92. The Kier molecular flexibility index (Phi) is 5.42. The lowest BCUT2D eigenvalue weighted by Crippen LogP contribution is -2.43. The Balaban J connectivity index is 1.82. The van der Waals surface area contributed by atoms with Gasteiger partial charge in [0, 0.05) is 23.7 Å². The Morgan fingerprint density at radius 2 is 2.10 bits per heavy atom. The second-order valence-corrected chi connectivity index (χ2v) is 6.35. The molecule has 1 aliphatic carbocycles. The first-order chi connectivity index (χ1) is 9.52. The van der Waals surface area contributed by atoms with Crippen molar-refractivity contribution in [1.29, 1.82) is 0 Å². The minimum absolute atomic E-state index is 0.261. The lowest BCUT2D eigenvalue weighted by atomic mass is 9.78. The first kappa shape index (κ1) is 15.7.